The van der Waals surface area contributed by atoms with Gasteiger partial charge in [-0.05, 0) is 12.3 Å². The van der Waals surface area contributed by atoms with Crippen molar-refractivity contribution in [2.24, 2.45) is 11.3 Å². The van der Waals surface area contributed by atoms with Crippen LogP contribution in [0.1, 0.15) is 32.2 Å². The third-order valence-electron chi connectivity index (χ3n) is 2.97. The second-order valence-electron chi connectivity index (χ2n) is 5.60. The number of aliphatic carboxylic acids is 1. The molecule has 0 radical (unpaired) electrons. The quantitative estimate of drug-likeness (QED) is 0.893. The van der Waals surface area contributed by atoms with Crippen LogP contribution in [0.3, 0.4) is 0 Å². The fraction of sp³-hybridized carbons (Fsp3) is 0.571. The second-order valence-corrected chi connectivity index (χ2v) is 5.60. The second kappa shape index (κ2) is 5.38. The van der Waals surface area contributed by atoms with E-state index in [1.54, 1.807) is 13.2 Å². The zero-order valence-electron chi connectivity index (χ0n) is 11.7. The molecule has 0 spiro atoms. The van der Waals surface area contributed by atoms with Crippen LogP contribution in [-0.2, 0) is 11.2 Å². The van der Waals surface area contributed by atoms with Crippen LogP contribution in [-0.4, -0.2) is 23.2 Å². The van der Waals surface area contributed by atoms with Crippen LogP contribution in [0, 0.1) is 18.3 Å². The van der Waals surface area contributed by atoms with E-state index in [1.807, 2.05) is 33.8 Å². The molecule has 1 aromatic heterocycles. The van der Waals surface area contributed by atoms with Crippen LogP contribution in [0.2, 0.25) is 0 Å². The first kappa shape index (κ1) is 14.5. The van der Waals surface area contributed by atoms with E-state index in [-0.39, 0.29) is 5.41 Å². The lowest BCUT2D eigenvalue weighted by atomic mass is 9.78. The Hall–Kier alpha value is -1.58. The highest BCUT2D eigenvalue weighted by Crippen LogP contribution is 2.29. The van der Waals surface area contributed by atoms with Gasteiger partial charge in [-0.1, -0.05) is 20.8 Å². The van der Waals surface area contributed by atoms with E-state index in [9.17, 15) is 9.90 Å². The summed E-state index contributed by atoms with van der Waals surface area (Å²) < 4.78 is 5.18. The molecular weight excluding hydrogens is 230 g/mol. The summed E-state index contributed by atoms with van der Waals surface area (Å²) in [4.78, 5) is 15.7. The Morgan fingerprint density at radius 3 is 2.50 bits per heavy atom. The van der Waals surface area contributed by atoms with Crippen LogP contribution in [0.15, 0.2) is 12.1 Å². The largest absolute Gasteiger partial charge is 0.497 e. The van der Waals surface area contributed by atoms with Crippen LogP contribution in [0.5, 0.6) is 5.75 Å². The van der Waals surface area contributed by atoms with Gasteiger partial charge in [-0.2, -0.15) is 0 Å². The Bertz CT molecular complexity index is 435. The van der Waals surface area contributed by atoms with Gasteiger partial charge in [0.2, 0.25) is 0 Å². The first-order valence-corrected chi connectivity index (χ1v) is 5.98. The molecular formula is C14H21NO3. The van der Waals surface area contributed by atoms with Gasteiger partial charge in [0.05, 0.1) is 13.0 Å². The van der Waals surface area contributed by atoms with Crippen molar-refractivity contribution in [1.29, 1.82) is 0 Å². The number of carbonyl (C=O) groups is 1. The molecule has 1 unspecified atom stereocenters. The molecule has 100 valence electrons. The van der Waals surface area contributed by atoms with E-state index in [0.717, 1.165) is 17.1 Å². The first-order valence-electron chi connectivity index (χ1n) is 5.98. The number of carboxylic acid groups (broad SMARTS) is 1. The Morgan fingerprint density at radius 1 is 1.44 bits per heavy atom. The van der Waals surface area contributed by atoms with Gasteiger partial charge < -0.3 is 9.84 Å². The minimum absolute atomic E-state index is 0.301. The number of pyridine rings is 1. The van der Waals surface area contributed by atoms with Crippen LogP contribution < -0.4 is 4.74 Å². The molecule has 0 bridgehead atoms. The van der Waals surface area contributed by atoms with E-state index < -0.39 is 11.9 Å². The van der Waals surface area contributed by atoms with Gasteiger partial charge in [0, 0.05) is 29.9 Å². The minimum atomic E-state index is -0.787. The maximum Gasteiger partial charge on any atom is 0.307 e. The number of ether oxygens (including phenoxy) is 1. The molecule has 1 atom stereocenters. The molecule has 0 fully saturated rings. The predicted molar refractivity (Wildman–Crippen MR) is 69.8 cm³/mol. The van der Waals surface area contributed by atoms with Crippen molar-refractivity contribution >= 4 is 5.97 Å². The van der Waals surface area contributed by atoms with Gasteiger partial charge in [0.1, 0.15) is 5.75 Å². The van der Waals surface area contributed by atoms with Crippen molar-refractivity contribution in [3.8, 4) is 5.75 Å². The summed E-state index contributed by atoms with van der Waals surface area (Å²) in [7, 11) is 1.59. The third kappa shape index (κ3) is 3.72. The topological polar surface area (TPSA) is 59.4 Å². The minimum Gasteiger partial charge on any atom is -0.497 e. The summed E-state index contributed by atoms with van der Waals surface area (Å²) in [5.74, 6) is -0.531. The molecule has 0 aliphatic heterocycles. The molecule has 0 aliphatic rings. The molecule has 0 aromatic carbocycles. The van der Waals surface area contributed by atoms with Crippen molar-refractivity contribution in [3.63, 3.8) is 0 Å². The highest BCUT2D eigenvalue weighted by atomic mass is 16.5. The van der Waals surface area contributed by atoms with Crippen molar-refractivity contribution in [2.75, 3.05) is 7.11 Å². The Morgan fingerprint density at radius 2 is 2.06 bits per heavy atom. The molecule has 0 saturated carbocycles. The fourth-order valence-electron chi connectivity index (χ4n) is 1.90. The molecule has 1 rings (SSSR count). The van der Waals surface area contributed by atoms with Gasteiger partial charge in [0.15, 0.2) is 0 Å². The molecule has 4 nitrogen and oxygen atoms in total. The van der Waals surface area contributed by atoms with Gasteiger partial charge in [-0.15, -0.1) is 0 Å². The third-order valence-corrected chi connectivity index (χ3v) is 2.97. The lowest BCUT2D eigenvalue weighted by molar-refractivity contribution is -0.145. The average Bonchev–Trinajstić information content (AvgIpc) is 2.23. The molecule has 0 aliphatic carbocycles. The van der Waals surface area contributed by atoms with Crippen molar-refractivity contribution in [3.05, 3.63) is 23.5 Å². The molecule has 1 aromatic rings. The van der Waals surface area contributed by atoms with Gasteiger partial charge in [-0.3, -0.25) is 9.78 Å². The number of rotatable bonds is 4. The number of aryl methyl sites for hydroxylation is 1. The number of aromatic nitrogens is 1. The predicted octanol–water partition coefficient (Wildman–Crippen LogP) is 2.69. The zero-order valence-corrected chi connectivity index (χ0v) is 11.7. The van der Waals surface area contributed by atoms with Crippen molar-refractivity contribution in [1.82, 2.24) is 4.98 Å². The number of methoxy groups -OCH3 is 1. The molecule has 1 heterocycles. The van der Waals surface area contributed by atoms with E-state index in [2.05, 4.69) is 4.98 Å². The summed E-state index contributed by atoms with van der Waals surface area (Å²) >= 11 is 0. The Kier molecular flexibility index (Phi) is 4.33. The zero-order chi connectivity index (χ0) is 13.9. The van der Waals surface area contributed by atoms with E-state index in [0.29, 0.717) is 6.42 Å². The summed E-state index contributed by atoms with van der Waals surface area (Å²) in [5.41, 5.74) is 1.29. The number of carboxylic acids is 1. The molecule has 0 saturated heterocycles. The molecule has 1 N–H and O–H groups in total. The SMILES string of the molecule is COc1cc(C)nc(CC(C(=O)O)C(C)(C)C)c1. The van der Waals surface area contributed by atoms with Crippen LogP contribution in [0.25, 0.3) is 0 Å². The lowest BCUT2D eigenvalue weighted by Gasteiger charge is -2.26. The van der Waals surface area contributed by atoms with Gasteiger partial charge in [-0.25, -0.2) is 0 Å². The smallest absolute Gasteiger partial charge is 0.307 e. The van der Waals surface area contributed by atoms with E-state index >= 15 is 0 Å². The molecule has 4 heteroatoms. The molecule has 0 amide bonds. The Labute approximate surface area is 108 Å². The summed E-state index contributed by atoms with van der Waals surface area (Å²) in [6, 6.07) is 3.63. The van der Waals surface area contributed by atoms with Crippen LogP contribution >= 0.6 is 0 Å². The van der Waals surface area contributed by atoms with Crippen molar-refractivity contribution in [2.45, 2.75) is 34.1 Å². The van der Waals surface area contributed by atoms with Crippen LogP contribution in [0.4, 0.5) is 0 Å². The van der Waals surface area contributed by atoms with E-state index in [4.69, 9.17) is 4.74 Å². The maximum absolute atomic E-state index is 11.3. The number of nitrogens with zero attached hydrogens (tertiary/aromatic N) is 1. The highest BCUT2D eigenvalue weighted by molar-refractivity contribution is 5.71. The first-order chi connectivity index (χ1) is 8.24. The van der Waals surface area contributed by atoms with Crippen molar-refractivity contribution < 1.29 is 14.6 Å². The maximum atomic E-state index is 11.3. The molecule has 18 heavy (non-hydrogen) atoms. The normalized spacial score (nSPS) is 13.2. The Balaban J connectivity index is 3.01. The fourth-order valence-corrected chi connectivity index (χ4v) is 1.90. The van der Waals surface area contributed by atoms with Gasteiger partial charge in [0.25, 0.3) is 0 Å². The average molecular weight is 251 g/mol. The standard InChI is InChI=1S/C14H21NO3/c1-9-6-11(18-5)7-10(15-9)8-12(13(16)17)14(2,3)4/h6-7,12H,8H2,1-5H3,(H,16,17). The highest BCUT2D eigenvalue weighted by Gasteiger charge is 2.31. The van der Waals surface area contributed by atoms with E-state index in [1.165, 1.54) is 0 Å². The monoisotopic (exact) mass is 251 g/mol. The summed E-state index contributed by atoms with van der Waals surface area (Å²) in [6.07, 6.45) is 0.414. The summed E-state index contributed by atoms with van der Waals surface area (Å²) in [6.45, 7) is 7.66. The number of hydrogen-bond acceptors (Lipinski definition) is 3. The summed E-state index contributed by atoms with van der Waals surface area (Å²) in [5, 5.41) is 9.31. The lowest BCUT2D eigenvalue weighted by Crippen LogP contribution is -2.30. The van der Waals surface area contributed by atoms with Gasteiger partial charge >= 0.3 is 5.97 Å². The number of hydrogen-bond donors (Lipinski definition) is 1.